The SMILES string of the molecule is CC(NC(=O)C1Cc2ccccc2N1)c1cccnc1. The van der Waals surface area contributed by atoms with Gasteiger partial charge in [-0.2, -0.15) is 0 Å². The van der Waals surface area contributed by atoms with E-state index in [9.17, 15) is 4.79 Å². The number of nitrogens with one attached hydrogen (secondary N) is 2. The molecule has 0 fully saturated rings. The van der Waals surface area contributed by atoms with E-state index in [4.69, 9.17) is 0 Å². The van der Waals surface area contributed by atoms with Crippen LogP contribution in [0.4, 0.5) is 5.69 Å². The molecule has 1 aliphatic heterocycles. The first-order chi connectivity index (χ1) is 9.74. The van der Waals surface area contributed by atoms with Crippen LogP contribution >= 0.6 is 0 Å². The first-order valence-corrected chi connectivity index (χ1v) is 6.79. The van der Waals surface area contributed by atoms with E-state index in [1.807, 2.05) is 37.3 Å². The van der Waals surface area contributed by atoms with Gasteiger partial charge < -0.3 is 10.6 Å². The molecule has 4 nitrogen and oxygen atoms in total. The van der Waals surface area contributed by atoms with Crippen LogP contribution in [0.25, 0.3) is 0 Å². The lowest BCUT2D eigenvalue weighted by Crippen LogP contribution is -2.39. The fourth-order valence-corrected chi connectivity index (χ4v) is 2.49. The highest BCUT2D eigenvalue weighted by atomic mass is 16.2. The number of benzene rings is 1. The minimum atomic E-state index is -0.188. The number of para-hydroxylation sites is 1. The van der Waals surface area contributed by atoms with Gasteiger partial charge in [0, 0.05) is 24.5 Å². The van der Waals surface area contributed by atoms with Gasteiger partial charge in [-0.05, 0) is 30.2 Å². The van der Waals surface area contributed by atoms with Crippen LogP contribution in [0.5, 0.6) is 0 Å². The molecule has 2 N–H and O–H groups in total. The monoisotopic (exact) mass is 267 g/mol. The quantitative estimate of drug-likeness (QED) is 0.897. The second-order valence-electron chi connectivity index (χ2n) is 5.07. The van der Waals surface area contributed by atoms with E-state index in [1.54, 1.807) is 12.4 Å². The van der Waals surface area contributed by atoms with Gasteiger partial charge in [-0.1, -0.05) is 24.3 Å². The zero-order chi connectivity index (χ0) is 13.9. The van der Waals surface area contributed by atoms with Gasteiger partial charge in [0.1, 0.15) is 6.04 Å². The Kier molecular flexibility index (Phi) is 3.37. The van der Waals surface area contributed by atoms with Gasteiger partial charge in [0.05, 0.1) is 6.04 Å². The molecular formula is C16H17N3O. The summed E-state index contributed by atoms with van der Waals surface area (Å²) in [7, 11) is 0. The summed E-state index contributed by atoms with van der Waals surface area (Å²) in [5, 5.41) is 6.29. The van der Waals surface area contributed by atoms with E-state index in [2.05, 4.69) is 21.7 Å². The average molecular weight is 267 g/mol. The number of rotatable bonds is 3. The summed E-state index contributed by atoms with van der Waals surface area (Å²) >= 11 is 0. The van der Waals surface area contributed by atoms with Crippen LogP contribution < -0.4 is 10.6 Å². The Morgan fingerprint density at radius 1 is 1.35 bits per heavy atom. The maximum Gasteiger partial charge on any atom is 0.243 e. The number of fused-ring (bicyclic) bond motifs is 1. The van der Waals surface area contributed by atoms with Crippen molar-refractivity contribution in [2.24, 2.45) is 0 Å². The molecule has 0 bridgehead atoms. The highest BCUT2D eigenvalue weighted by Gasteiger charge is 2.27. The summed E-state index contributed by atoms with van der Waals surface area (Å²) in [6.45, 7) is 1.97. The number of nitrogens with zero attached hydrogens (tertiary/aromatic N) is 1. The standard InChI is InChI=1S/C16H17N3O/c1-11(13-6-4-8-17-10-13)18-16(20)15-9-12-5-2-3-7-14(12)19-15/h2-8,10-11,15,19H,9H2,1H3,(H,18,20). The predicted octanol–water partition coefficient (Wildman–Crippen LogP) is 2.30. The van der Waals surface area contributed by atoms with Gasteiger partial charge in [-0.15, -0.1) is 0 Å². The normalized spacial score (nSPS) is 17.9. The van der Waals surface area contributed by atoms with E-state index < -0.39 is 0 Å². The van der Waals surface area contributed by atoms with E-state index >= 15 is 0 Å². The third-order valence-corrected chi connectivity index (χ3v) is 3.63. The van der Waals surface area contributed by atoms with Crippen LogP contribution in [0.2, 0.25) is 0 Å². The molecule has 4 heteroatoms. The van der Waals surface area contributed by atoms with Crippen molar-refractivity contribution in [2.45, 2.75) is 25.4 Å². The van der Waals surface area contributed by atoms with Gasteiger partial charge in [-0.25, -0.2) is 0 Å². The first-order valence-electron chi connectivity index (χ1n) is 6.79. The van der Waals surface area contributed by atoms with Gasteiger partial charge in [0.15, 0.2) is 0 Å². The van der Waals surface area contributed by atoms with E-state index in [0.717, 1.165) is 17.7 Å². The molecule has 20 heavy (non-hydrogen) atoms. The molecule has 1 aliphatic rings. The number of amides is 1. The van der Waals surface area contributed by atoms with Crippen LogP contribution in [0, 0.1) is 0 Å². The Bertz CT molecular complexity index is 587. The lowest BCUT2D eigenvalue weighted by molar-refractivity contribution is -0.122. The van der Waals surface area contributed by atoms with Crippen LogP contribution in [0.1, 0.15) is 24.1 Å². The molecule has 2 heterocycles. The molecule has 0 radical (unpaired) electrons. The van der Waals surface area contributed by atoms with Gasteiger partial charge in [0.2, 0.25) is 5.91 Å². The Morgan fingerprint density at radius 2 is 2.20 bits per heavy atom. The predicted molar refractivity (Wildman–Crippen MR) is 78.4 cm³/mol. The van der Waals surface area contributed by atoms with Crippen molar-refractivity contribution in [3.8, 4) is 0 Å². The number of carbonyl (C=O) groups is 1. The second kappa shape index (κ2) is 5.33. The number of aromatic nitrogens is 1. The topological polar surface area (TPSA) is 54.0 Å². The van der Waals surface area contributed by atoms with Crippen molar-refractivity contribution in [1.82, 2.24) is 10.3 Å². The van der Waals surface area contributed by atoms with Crippen molar-refractivity contribution in [1.29, 1.82) is 0 Å². The number of carbonyl (C=O) groups excluding carboxylic acids is 1. The zero-order valence-corrected chi connectivity index (χ0v) is 11.3. The van der Waals surface area contributed by atoms with E-state index in [-0.39, 0.29) is 18.0 Å². The number of hydrogen-bond donors (Lipinski definition) is 2. The molecular weight excluding hydrogens is 250 g/mol. The van der Waals surface area contributed by atoms with Crippen molar-refractivity contribution in [3.05, 3.63) is 59.9 Å². The molecule has 2 atom stereocenters. The van der Waals surface area contributed by atoms with Crippen LogP contribution in [-0.2, 0) is 11.2 Å². The smallest absolute Gasteiger partial charge is 0.243 e. The van der Waals surface area contributed by atoms with Crippen molar-refractivity contribution >= 4 is 11.6 Å². The summed E-state index contributed by atoms with van der Waals surface area (Å²) in [6.07, 6.45) is 4.25. The maximum absolute atomic E-state index is 12.3. The maximum atomic E-state index is 12.3. The summed E-state index contributed by atoms with van der Waals surface area (Å²) in [4.78, 5) is 16.4. The first kappa shape index (κ1) is 12.7. The molecule has 2 aromatic rings. The number of pyridine rings is 1. The Balaban J connectivity index is 1.64. The Hall–Kier alpha value is -2.36. The average Bonchev–Trinajstić information content (AvgIpc) is 2.92. The van der Waals surface area contributed by atoms with Crippen molar-refractivity contribution in [3.63, 3.8) is 0 Å². The van der Waals surface area contributed by atoms with Gasteiger partial charge in [0.25, 0.3) is 0 Å². The fraction of sp³-hybridized carbons (Fsp3) is 0.250. The van der Waals surface area contributed by atoms with Crippen LogP contribution in [0.15, 0.2) is 48.8 Å². The molecule has 0 spiro atoms. The van der Waals surface area contributed by atoms with Gasteiger partial charge >= 0.3 is 0 Å². The highest BCUT2D eigenvalue weighted by Crippen LogP contribution is 2.25. The molecule has 0 aliphatic carbocycles. The molecule has 1 aromatic carbocycles. The number of anilines is 1. The molecule has 0 saturated carbocycles. The minimum absolute atomic E-state index is 0.0255. The Labute approximate surface area is 118 Å². The van der Waals surface area contributed by atoms with Gasteiger partial charge in [-0.3, -0.25) is 9.78 Å². The second-order valence-corrected chi connectivity index (χ2v) is 5.07. The van der Waals surface area contributed by atoms with Crippen LogP contribution in [0.3, 0.4) is 0 Å². The molecule has 3 rings (SSSR count). The molecule has 2 unspecified atom stereocenters. The molecule has 0 saturated heterocycles. The van der Waals surface area contributed by atoms with Crippen LogP contribution in [-0.4, -0.2) is 16.9 Å². The largest absolute Gasteiger partial charge is 0.373 e. The molecule has 1 amide bonds. The molecule has 1 aromatic heterocycles. The third kappa shape index (κ3) is 2.50. The van der Waals surface area contributed by atoms with Crippen molar-refractivity contribution < 1.29 is 4.79 Å². The lowest BCUT2D eigenvalue weighted by Gasteiger charge is -2.17. The molecule has 102 valence electrons. The van der Waals surface area contributed by atoms with Crippen molar-refractivity contribution in [2.75, 3.05) is 5.32 Å². The number of hydrogen-bond acceptors (Lipinski definition) is 3. The lowest BCUT2D eigenvalue weighted by atomic mass is 10.1. The summed E-state index contributed by atoms with van der Waals surface area (Å²) in [5.41, 5.74) is 3.26. The zero-order valence-electron chi connectivity index (χ0n) is 11.3. The summed E-state index contributed by atoms with van der Waals surface area (Å²) in [5.74, 6) is 0.0255. The fourth-order valence-electron chi connectivity index (χ4n) is 2.49. The van der Waals surface area contributed by atoms with E-state index in [1.165, 1.54) is 5.56 Å². The van der Waals surface area contributed by atoms with E-state index in [0.29, 0.717) is 0 Å². The minimum Gasteiger partial charge on any atom is -0.373 e. The Morgan fingerprint density at radius 3 is 2.95 bits per heavy atom. The third-order valence-electron chi connectivity index (χ3n) is 3.63. The summed E-state index contributed by atoms with van der Waals surface area (Å²) < 4.78 is 0. The highest BCUT2D eigenvalue weighted by molar-refractivity contribution is 5.87. The summed E-state index contributed by atoms with van der Waals surface area (Å²) in [6, 6.07) is 11.7.